The minimum Gasteiger partial charge on any atom is -0.488 e. The summed E-state index contributed by atoms with van der Waals surface area (Å²) in [7, 11) is 0. The van der Waals surface area contributed by atoms with Crippen LogP contribution in [0.4, 0.5) is 0 Å². The van der Waals surface area contributed by atoms with Crippen molar-refractivity contribution >= 4 is 17.3 Å². The van der Waals surface area contributed by atoms with Gasteiger partial charge in [-0.2, -0.15) is 0 Å². The van der Waals surface area contributed by atoms with Gasteiger partial charge in [0, 0.05) is 10.4 Å². The Morgan fingerprint density at radius 1 is 1.18 bits per heavy atom. The van der Waals surface area contributed by atoms with E-state index in [4.69, 9.17) is 14.2 Å². The zero-order chi connectivity index (χ0) is 19.5. The van der Waals surface area contributed by atoms with Crippen LogP contribution in [0.25, 0.3) is 10.6 Å². The van der Waals surface area contributed by atoms with Gasteiger partial charge in [-0.05, 0) is 18.6 Å². The Hall–Kier alpha value is -2.74. The van der Waals surface area contributed by atoms with Crippen molar-refractivity contribution in [2.75, 3.05) is 13.2 Å². The number of rotatable bonds is 6. The Kier molecular flexibility index (Phi) is 5.38. The Morgan fingerprint density at radius 3 is 2.61 bits per heavy atom. The van der Waals surface area contributed by atoms with Crippen molar-refractivity contribution in [1.29, 1.82) is 0 Å². The standard InChI is InChI=1S/C21H19NO5S/c1-13-18(20(23)24)22-19(28-13)15-8-5-9-16(17(15)21-25-10-11-26-21)27-12-14-6-3-2-4-7-14/h2-9,21H,10-12H2,1H3,(H,23,24). The molecule has 2 aromatic carbocycles. The molecular weight excluding hydrogens is 378 g/mol. The molecule has 0 saturated carbocycles. The first-order valence-electron chi connectivity index (χ1n) is 8.87. The lowest BCUT2D eigenvalue weighted by atomic mass is 10.1. The lowest BCUT2D eigenvalue weighted by Gasteiger charge is -2.18. The van der Waals surface area contributed by atoms with Crippen molar-refractivity contribution in [1.82, 2.24) is 4.98 Å². The highest BCUT2D eigenvalue weighted by atomic mass is 32.1. The fraction of sp³-hybridized carbons (Fsp3) is 0.238. The average Bonchev–Trinajstić information content (AvgIpc) is 3.36. The molecule has 1 aromatic heterocycles. The zero-order valence-electron chi connectivity index (χ0n) is 15.3. The molecule has 7 heteroatoms. The summed E-state index contributed by atoms with van der Waals surface area (Å²) >= 11 is 1.33. The summed E-state index contributed by atoms with van der Waals surface area (Å²) in [6.07, 6.45) is -0.570. The van der Waals surface area contributed by atoms with Crippen molar-refractivity contribution in [3.05, 3.63) is 70.2 Å². The van der Waals surface area contributed by atoms with E-state index in [9.17, 15) is 9.90 Å². The second-order valence-corrected chi connectivity index (χ2v) is 7.50. The number of hydrogen-bond acceptors (Lipinski definition) is 6. The van der Waals surface area contributed by atoms with Crippen LogP contribution in [-0.2, 0) is 16.1 Å². The van der Waals surface area contributed by atoms with Crippen LogP contribution in [0, 0.1) is 6.92 Å². The smallest absolute Gasteiger partial charge is 0.355 e. The highest BCUT2D eigenvalue weighted by Gasteiger charge is 2.28. The van der Waals surface area contributed by atoms with Crippen molar-refractivity contribution in [3.8, 4) is 16.3 Å². The van der Waals surface area contributed by atoms with Gasteiger partial charge in [-0.15, -0.1) is 11.3 Å². The van der Waals surface area contributed by atoms with Gasteiger partial charge in [0.05, 0.1) is 18.8 Å². The molecule has 1 saturated heterocycles. The highest BCUT2D eigenvalue weighted by Crippen LogP contribution is 2.41. The molecule has 0 atom stereocenters. The van der Waals surface area contributed by atoms with Crippen LogP contribution in [0.5, 0.6) is 5.75 Å². The molecule has 144 valence electrons. The minimum atomic E-state index is -1.04. The number of aromatic nitrogens is 1. The summed E-state index contributed by atoms with van der Waals surface area (Å²) in [5.41, 5.74) is 2.61. The maximum atomic E-state index is 11.4. The van der Waals surface area contributed by atoms with E-state index in [-0.39, 0.29) is 5.69 Å². The molecule has 1 N–H and O–H groups in total. The van der Waals surface area contributed by atoms with Crippen LogP contribution in [0.3, 0.4) is 0 Å². The van der Waals surface area contributed by atoms with Gasteiger partial charge in [-0.3, -0.25) is 0 Å². The summed E-state index contributed by atoms with van der Waals surface area (Å²) < 4.78 is 17.6. The van der Waals surface area contributed by atoms with Gasteiger partial charge in [0.25, 0.3) is 0 Å². The first-order chi connectivity index (χ1) is 13.6. The molecule has 3 aromatic rings. The van der Waals surface area contributed by atoms with Crippen LogP contribution in [-0.4, -0.2) is 29.3 Å². The first kappa shape index (κ1) is 18.6. The highest BCUT2D eigenvalue weighted by molar-refractivity contribution is 7.15. The molecular formula is C21H19NO5S. The van der Waals surface area contributed by atoms with E-state index in [1.165, 1.54) is 11.3 Å². The number of nitrogens with zero attached hydrogens (tertiary/aromatic N) is 1. The van der Waals surface area contributed by atoms with E-state index in [0.29, 0.717) is 35.5 Å². The maximum Gasteiger partial charge on any atom is 0.355 e. The van der Waals surface area contributed by atoms with Crippen molar-refractivity contribution < 1.29 is 24.1 Å². The van der Waals surface area contributed by atoms with Gasteiger partial charge in [-0.1, -0.05) is 42.5 Å². The molecule has 6 nitrogen and oxygen atoms in total. The lowest BCUT2D eigenvalue weighted by Crippen LogP contribution is -2.06. The second-order valence-electron chi connectivity index (χ2n) is 6.29. The number of aryl methyl sites for hydroxylation is 1. The molecule has 4 rings (SSSR count). The molecule has 0 amide bonds. The predicted octanol–water partition coefficient (Wildman–Crippen LogP) is 4.44. The molecule has 0 aliphatic carbocycles. The van der Waals surface area contributed by atoms with Crippen LogP contribution in [0.1, 0.15) is 32.8 Å². The largest absolute Gasteiger partial charge is 0.488 e. The summed E-state index contributed by atoms with van der Waals surface area (Å²) in [5, 5.41) is 9.95. The van der Waals surface area contributed by atoms with Crippen LogP contribution in [0.15, 0.2) is 48.5 Å². The SMILES string of the molecule is Cc1sc(-c2cccc(OCc3ccccc3)c2C2OCCO2)nc1C(=O)O. The number of carboxylic acid groups (broad SMARTS) is 1. The van der Waals surface area contributed by atoms with Crippen molar-refractivity contribution in [2.45, 2.75) is 19.8 Å². The molecule has 1 aliphatic heterocycles. The van der Waals surface area contributed by atoms with Gasteiger partial charge < -0.3 is 19.3 Å². The van der Waals surface area contributed by atoms with E-state index >= 15 is 0 Å². The fourth-order valence-electron chi connectivity index (χ4n) is 3.07. The van der Waals surface area contributed by atoms with Crippen LogP contribution < -0.4 is 4.74 Å². The summed E-state index contributed by atoms with van der Waals surface area (Å²) in [4.78, 5) is 16.4. The van der Waals surface area contributed by atoms with E-state index in [1.54, 1.807) is 6.92 Å². The van der Waals surface area contributed by atoms with Gasteiger partial charge in [0.1, 0.15) is 17.4 Å². The number of aromatic carboxylic acids is 1. The molecule has 2 heterocycles. The molecule has 1 fully saturated rings. The van der Waals surface area contributed by atoms with Crippen molar-refractivity contribution in [3.63, 3.8) is 0 Å². The quantitative estimate of drug-likeness (QED) is 0.662. The minimum absolute atomic E-state index is 0.0646. The van der Waals surface area contributed by atoms with Crippen LogP contribution in [0.2, 0.25) is 0 Å². The van der Waals surface area contributed by atoms with Crippen LogP contribution >= 0.6 is 11.3 Å². The third kappa shape index (κ3) is 3.77. The van der Waals surface area contributed by atoms with Crippen molar-refractivity contribution in [2.24, 2.45) is 0 Å². The number of ether oxygens (including phenoxy) is 3. The topological polar surface area (TPSA) is 77.9 Å². The number of hydrogen-bond donors (Lipinski definition) is 1. The van der Waals surface area contributed by atoms with Gasteiger partial charge >= 0.3 is 5.97 Å². The summed E-state index contributed by atoms with van der Waals surface area (Å²) in [6.45, 7) is 3.15. The van der Waals surface area contributed by atoms with Gasteiger partial charge in [0.15, 0.2) is 12.0 Å². The Labute approximate surface area is 166 Å². The van der Waals surface area contributed by atoms with Gasteiger partial charge in [0.2, 0.25) is 0 Å². The Balaban J connectivity index is 1.73. The monoisotopic (exact) mass is 397 g/mol. The number of thiazole rings is 1. The zero-order valence-corrected chi connectivity index (χ0v) is 16.1. The molecule has 0 bridgehead atoms. The van der Waals surface area contributed by atoms with E-state index < -0.39 is 12.3 Å². The molecule has 1 aliphatic rings. The number of carboxylic acids is 1. The van der Waals surface area contributed by atoms with E-state index in [2.05, 4.69) is 4.98 Å². The molecule has 0 spiro atoms. The summed E-state index contributed by atoms with van der Waals surface area (Å²) in [5.74, 6) is -0.399. The Bertz CT molecular complexity index is 980. The van der Waals surface area contributed by atoms with E-state index in [0.717, 1.165) is 16.7 Å². The fourth-order valence-corrected chi connectivity index (χ4v) is 4.01. The normalized spacial score (nSPS) is 14.3. The molecule has 0 unspecified atom stereocenters. The van der Waals surface area contributed by atoms with E-state index in [1.807, 2.05) is 48.5 Å². The third-order valence-corrected chi connectivity index (χ3v) is 5.39. The number of benzene rings is 2. The Morgan fingerprint density at radius 2 is 1.93 bits per heavy atom. The average molecular weight is 397 g/mol. The first-order valence-corrected chi connectivity index (χ1v) is 9.69. The second kappa shape index (κ2) is 8.10. The van der Waals surface area contributed by atoms with Gasteiger partial charge in [-0.25, -0.2) is 9.78 Å². The molecule has 0 radical (unpaired) electrons. The predicted molar refractivity (Wildman–Crippen MR) is 105 cm³/mol. The third-order valence-electron chi connectivity index (χ3n) is 4.39. The summed E-state index contributed by atoms with van der Waals surface area (Å²) in [6, 6.07) is 15.5. The molecule has 28 heavy (non-hydrogen) atoms. The lowest BCUT2D eigenvalue weighted by molar-refractivity contribution is -0.0454. The number of carbonyl (C=O) groups is 1. The maximum absolute atomic E-state index is 11.4.